The van der Waals surface area contributed by atoms with Crippen molar-refractivity contribution < 1.29 is 14.2 Å². The quantitative estimate of drug-likeness (QED) is 0.356. The predicted molar refractivity (Wildman–Crippen MR) is 134 cm³/mol. The van der Waals surface area contributed by atoms with Gasteiger partial charge >= 0.3 is 0 Å². The van der Waals surface area contributed by atoms with Gasteiger partial charge in [-0.15, -0.1) is 0 Å². The van der Waals surface area contributed by atoms with E-state index in [0.717, 1.165) is 37.2 Å². The summed E-state index contributed by atoms with van der Waals surface area (Å²) >= 11 is 0. The van der Waals surface area contributed by atoms with Crippen molar-refractivity contribution in [2.75, 3.05) is 0 Å². The first kappa shape index (κ1) is 23.4. The van der Waals surface area contributed by atoms with Crippen molar-refractivity contribution in [1.82, 2.24) is 0 Å². The lowest BCUT2D eigenvalue weighted by Gasteiger charge is -2.31. The van der Waals surface area contributed by atoms with Crippen LogP contribution in [0.25, 0.3) is 0 Å². The molecule has 1 aliphatic heterocycles. The van der Waals surface area contributed by atoms with E-state index in [2.05, 4.69) is 81.4 Å². The number of aryl methyl sites for hydroxylation is 1. The summed E-state index contributed by atoms with van der Waals surface area (Å²) in [7, 11) is 0. The largest absolute Gasteiger partial charge is 0.489 e. The summed E-state index contributed by atoms with van der Waals surface area (Å²) in [6.45, 7) is 6.81. The van der Waals surface area contributed by atoms with E-state index in [1.165, 1.54) is 23.1 Å². The van der Waals surface area contributed by atoms with E-state index in [0.29, 0.717) is 12.7 Å². The molecule has 1 fully saturated rings. The summed E-state index contributed by atoms with van der Waals surface area (Å²) in [5.41, 5.74) is 3.58. The second kappa shape index (κ2) is 10.9. The molecule has 3 nitrogen and oxygen atoms in total. The average molecular weight is 445 g/mol. The highest BCUT2D eigenvalue weighted by atomic mass is 16.5. The van der Waals surface area contributed by atoms with E-state index in [4.69, 9.17) is 14.2 Å². The third-order valence-electron chi connectivity index (χ3n) is 5.95. The van der Waals surface area contributed by atoms with Gasteiger partial charge in [0.25, 0.3) is 0 Å². The predicted octanol–water partition coefficient (Wildman–Crippen LogP) is 7.69. The maximum Gasteiger partial charge on any atom is 0.120 e. The van der Waals surface area contributed by atoms with Gasteiger partial charge in [-0.1, -0.05) is 54.6 Å². The SMILES string of the molecule is CC(C)(C)Oc1ccc([C@@H]2CCC[C@H](CCc3ccc(OCc4ccccc4)cc3)O2)cc1. The van der Waals surface area contributed by atoms with Gasteiger partial charge in [0.2, 0.25) is 0 Å². The van der Waals surface area contributed by atoms with Crippen LogP contribution in [0.1, 0.15) is 69.2 Å². The third-order valence-corrected chi connectivity index (χ3v) is 5.95. The molecule has 3 aromatic rings. The number of hydrogen-bond acceptors (Lipinski definition) is 3. The molecule has 0 radical (unpaired) electrons. The molecule has 0 aromatic heterocycles. The van der Waals surface area contributed by atoms with E-state index in [-0.39, 0.29) is 11.7 Å². The molecule has 0 saturated carbocycles. The molecule has 3 heteroatoms. The average Bonchev–Trinajstić information content (AvgIpc) is 2.82. The highest BCUT2D eigenvalue weighted by Crippen LogP contribution is 2.34. The Hall–Kier alpha value is -2.78. The van der Waals surface area contributed by atoms with Gasteiger partial charge in [0.1, 0.15) is 23.7 Å². The minimum Gasteiger partial charge on any atom is -0.489 e. The number of benzene rings is 3. The molecule has 174 valence electrons. The van der Waals surface area contributed by atoms with Crippen LogP contribution in [-0.2, 0) is 17.8 Å². The van der Waals surface area contributed by atoms with E-state index < -0.39 is 0 Å². The second-order valence-corrected chi connectivity index (χ2v) is 9.92. The van der Waals surface area contributed by atoms with Gasteiger partial charge in [-0.2, -0.15) is 0 Å². The first-order valence-corrected chi connectivity index (χ1v) is 12.1. The fourth-order valence-electron chi connectivity index (χ4n) is 4.28. The first-order chi connectivity index (χ1) is 15.9. The van der Waals surface area contributed by atoms with E-state index in [1.807, 2.05) is 18.2 Å². The Balaban J connectivity index is 1.25. The lowest BCUT2D eigenvalue weighted by molar-refractivity contribution is -0.0546. The fourth-order valence-corrected chi connectivity index (χ4v) is 4.28. The lowest BCUT2D eigenvalue weighted by atomic mass is 9.95. The van der Waals surface area contributed by atoms with Crippen molar-refractivity contribution in [2.24, 2.45) is 0 Å². The second-order valence-electron chi connectivity index (χ2n) is 9.92. The molecule has 0 spiro atoms. The number of ether oxygens (including phenoxy) is 3. The summed E-state index contributed by atoms with van der Waals surface area (Å²) in [5, 5.41) is 0. The van der Waals surface area contributed by atoms with Gasteiger partial charge in [-0.05, 0) is 93.8 Å². The zero-order valence-electron chi connectivity index (χ0n) is 20.1. The van der Waals surface area contributed by atoms with Crippen molar-refractivity contribution in [3.05, 3.63) is 95.6 Å². The molecule has 33 heavy (non-hydrogen) atoms. The van der Waals surface area contributed by atoms with Crippen molar-refractivity contribution in [1.29, 1.82) is 0 Å². The van der Waals surface area contributed by atoms with Crippen LogP contribution < -0.4 is 9.47 Å². The Kier molecular flexibility index (Phi) is 7.72. The van der Waals surface area contributed by atoms with Crippen LogP contribution in [0.3, 0.4) is 0 Å². The molecule has 4 rings (SSSR count). The molecule has 0 bridgehead atoms. The molecule has 0 amide bonds. The van der Waals surface area contributed by atoms with Crippen molar-refractivity contribution in [2.45, 2.75) is 77.3 Å². The standard InChI is InChI=1S/C30H36O3/c1-30(2,3)33-28-20-15-25(16-21-28)29-11-7-10-27(32-29)19-14-23-12-17-26(18-13-23)31-22-24-8-5-4-6-9-24/h4-6,8-9,12-13,15-18,20-21,27,29H,7,10-11,14,19,22H2,1-3H3/t27-,29+/m1/s1. The molecule has 0 N–H and O–H groups in total. The number of rotatable bonds is 8. The van der Waals surface area contributed by atoms with Crippen LogP contribution in [0.5, 0.6) is 11.5 Å². The van der Waals surface area contributed by atoms with Gasteiger partial charge < -0.3 is 14.2 Å². The van der Waals surface area contributed by atoms with Crippen LogP contribution in [-0.4, -0.2) is 11.7 Å². The Labute approximate surface area is 198 Å². The minimum atomic E-state index is -0.180. The molecule has 3 aromatic carbocycles. The Morgan fingerprint density at radius 1 is 0.788 bits per heavy atom. The summed E-state index contributed by atoms with van der Waals surface area (Å²) in [6, 6.07) is 27.2. The summed E-state index contributed by atoms with van der Waals surface area (Å²) < 4.78 is 18.3. The normalized spacial score (nSPS) is 18.6. The molecule has 0 aliphatic carbocycles. The van der Waals surface area contributed by atoms with Crippen LogP contribution >= 0.6 is 0 Å². The Bertz CT molecular complexity index is 972. The number of hydrogen-bond donors (Lipinski definition) is 0. The molecule has 1 saturated heterocycles. The van der Waals surface area contributed by atoms with Gasteiger partial charge in [0.05, 0.1) is 12.2 Å². The summed E-state index contributed by atoms with van der Waals surface area (Å²) in [4.78, 5) is 0. The van der Waals surface area contributed by atoms with Gasteiger partial charge in [0, 0.05) is 0 Å². The smallest absolute Gasteiger partial charge is 0.120 e. The monoisotopic (exact) mass is 444 g/mol. The molecule has 1 aliphatic rings. The molecule has 2 atom stereocenters. The summed E-state index contributed by atoms with van der Waals surface area (Å²) in [5.74, 6) is 1.82. The van der Waals surface area contributed by atoms with Crippen LogP contribution in [0.15, 0.2) is 78.9 Å². The highest BCUT2D eigenvalue weighted by molar-refractivity contribution is 5.30. The van der Waals surface area contributed by atoms with E-state index >= 15 is 0 Å². The lowest BCUT2D eigenvalue weighted by Crippen LogP contribution is -2.24. The van der Waals surface area contributed by atoms with E-state index in [1.54, 1.807) is 0 Å². The fraction of sp³-hybridized carbons (Fsp3) is 0.400. The van der Waals surface area contributed by atoms with E-state index in [9.17, 15) is 0 Å². The van der Waals surface area contributed by atoms with Crippen molar-refractivity contribution >= 4 is 0 Å². The molecule has 1 heterocycles. The molecule has 0 unspecified atom stereocenters. The Morgan fingerprint density at radius 2 is 1.48 bits per heavy atom. The van der Waals surface area contributed by atoms with Crippen molar-refractivity contribution in [3.63, 3.8) is 0 Å². The summed E-state index contributed by atoms with van der Waals surface area (Å²) in [6.07, 6.45) is 6.00. The van der Waals surface area contributed by atoms with Crippen LogP contribution in [0.4, 0.5) is 0 Å². The van der Waals surface area contributed by atoms with Crippen molar-refractivity contribution in [3.8, 4) is 11.5 Å². The Morgan fingerprint density at radius 3 is 2.18 bits per heavy atom. The van der Waals surface area contributed by atoms with Gasteiger partial charge in [-0.3, -0.25) is 0 Å². The molecular weight excluding hydrogens is 408 g/mol. The maximum absolute atomic E-state index is 6.48. The zero-order valence-corrected chi connectivity index (χ0v) is 20.1. The van der Waals surface area contributed by atoms with Crippen LogP contribution in [0.2, 0.25) is 0 Å². The van der Waals surface area contributed by atoms with Gasteiger partial charge in [0.15, 0.2) is 0 Å². The van der Waals surface area contributed by atoms with Gasteiger partial charge in [-0.25, -0.2) is 0 Å². The topological polar surface area (TPSA) is 27.7 Å². The maximum atomic E-state index is 6.48. The third kappa shape index (κ3) is 7.36. The minimum absolute atomic E-state index is 0.180. The first-order valence-electron chi connectivity index (χ1n) is 12.1. The van der Waals surface area contributed by atoms with Crippen LogP contribution in [0, 0.1) is 0 Å². The zero-order chi connectivity index (χ0) is 23.1. The molecular formula is C30H36O3. The highest BCUT2D eigenvalue weighted by Gasteiger charge is 2.24.